The van der Waals surface area contributed by atoms with Gasteiger partial charge in [-0.1, -0.05) is 31.5 Å². The quantitative estimate of drug-likeness (QED) is 0.843. The van der Waals surface area contributed by atoms with Gasteiger partial charge in [0.05, 0.1) is 16.1 Å². The maximum Gasteiger partial charge on any atom is 0.237 e. The summed E-state index contributed by atoms with van der Waals surface area (Å²) in [5.41, 5.74) is 4.76. The molecule has 1 amide bonds. The number of amides is 1. The monoisotopic (exact) mass is 298 g/mol. The summed E-state index contributed by atoms with van der Waals surface area (Å²) in [7, 11) is 0. The van der Waals surface area contributed by atoms with Crippen LogP contribution in [-0.2, 0) is 4.79 Å². The molecule has 0 unspecified atom stereocenters. The summed E-state index contributed by atoms with van der Waals surface area (Å²) in [4.78, 5) is 12.6. The Balaban J connectivity index is 2.22. The van der Waals surface area contributed by atoms with Gasteiger partial charge >= 0.3 is 0 Å². The third-order valence-electron chi connectivity index (χ3n) is 3.79. The van der Waals surface area contributed by atoms with Gasteiger partial charge in [0.1, 0.15) is 11.6 Å². The van der Waals surface area contributed by atoms with Crippen LogP contribution in [-0.4, -0.2) is 10.9 Å². The van der Waals surface area contributed by atoms with Crippen molar-refractivity contribution in [3.8, 4) is 0 Å². The Hall–Kier alpha value is -1.56. The zero-order valence-electron chi connectivity index (χ0n) is 10.9. The smallest absolute Gasteiger partial charge is 0.237 e. The number of thiocarbonyl (C=S) groups is 1. The number of anilines is 1. The summed E-state index contributed by atoms with van der Waals surface area (Å²) in [5, 5.41) is 2.48. The molecule has 1 aromatic carbocycles. The van der Waals surface area contributed by atoms with E-state index in [4.69, 9.17) is 18.0 Å². The van der Waals surface area contributed by atoms with E-state index in [-0.39, 0.29) is 10.7 Å². The number of rotatable bonds is 3. The van der Waals surface area contributed by atoms with Crippen LogP contribution < -0.4 is 11.1 Å². The molecule has 0 saturated heterocycles. The highest BCUT2D eigenvalue weighted by Gasteiger charge is 2.42. The molecule has 3 N–H and O–H groups in total. The van der Waals surface area contributed by atoms with E-state index in [1.807, 2.05) is 0 Å². The van der Waals surface area contributed by atoms with E-state index in [1.165, 1.54) is 6.07 Å². The van der Waals surface area contributed by atoms with Gasteiger partial charge in [-0.25, -0.2) is 8.78 Å². The van der Waals surface area contributed by atoms with Gasteiger partial charge in [0, 0.05) is 6.07 Å². The minimum Gasteiger partial charge on any atom is -0.392 e. The minimum absolute atomic E-state index is 0.0578. The average Bonchev–Trinajstić information content (AvgIpc) is 2.42. The lowest BCUT2D eigenvalue weighted by Crippen LogP contribution is -2.47. The summed E-state index contributed by atoms with van der Waals surface area (Å²) in [6, 6.07) is 3.01. The van der Waals surface area contributed by atoms with E-state index in [0.29, 0.717) is 12.8 Å². The second kappa shape index (κ2) is 5.83. The lowest BCUT2D eigenvalue weighted by molar-refractivity contribution is -0.123. The largest absolute Gasteiger partial charge is 0.392 e. The van der Waals surface area contributed by atoms with Gasteiger partial charge in [0.15, 0.2) is 0 Å². The topological polar surface area (TPSA) is 55.1 Å². The fourth-order valence-electron chi connectivity index (χ4n) is 2.57. The number of nitrogens with one attached hydrogen (secondary N) is 1. The fourth-order valence-corrected chi connectivity index (χ4v) is 2.87. The molecule has 2 rings (SSSR count). The number of hydrogen-bond acceptors (Lipinski definition) is 2. The molecule has 1 aliphatic rings. The molecule has 1 aromatic rings. The second-order valence-electron chi connectivity index (χ2n) is 5.09. The average molecular weight is 298 g/mol. The molecule has 3 nitrogen and oxygen atoms in total. The molecular weight excluding hydrogens is 282 g/mol. The molecule has 0 radical (unpaired) electrons. The van der Waals surface area contributed by atoms with Crippen molar-refractivity contribution in [3.63, 3.8) is 0 Å². The summed E-state index contributed by atoms with van der Waals surface area (Å²) in [6.45, 7) is 0. The van der Waals surface area contributed by atoms with Crippen LogP contribution in [0.3, 0.4) is 0 Å². The first kappa shape index (κ1) is 14.8. The van der Waals surface area contributed by atoms with E-state index >= 15 is 0 Å². The molecule has 0 spiro atoms. The molecule has 20 heavy (non-hydrogen) atoms. The van der Waals surface area contributed by atoms with E-state index < -0.39 is 23.0 Å². The van der Waals surface area contributed by atoms with Crippen molar-refractivity contribution in [1.82, 2.24) is 0 Å². The van der Waals surface area contributed by atoms with Gasteiger partial charge in [-0.3, -0.25) is 4.79 Å². The van der Waals surface area contributed by atoms with Crippen molar-refractivity contribution in [3.05, 3.63) is 29.8 Å². The van der Waals surface area contributed by atoms with Crippen LogP contribution in [0.15, 0.2) is 18.2 Å². The fraction of sp³-hybridized carbons (Fsp3) is 0.429. The van der Waals surface area contributed by atoms with Gasteiger partial charge in [-0.05, 0) is 25.0 Å². The number of halogens is 2. The first-order valence-corrected chi connectivity index (χ1v) is 6.93. The third kappa shape index (κ3) is 2.80. The molecule has 1 saturated carbocycles. The number of carbonyl (C=O) groups is 1. The number of nitrogens with two attached hydrogens (primary N) is 1. The van der Waals surface area contributed by atoms with Crippen LogP contribution in [0.2, 0.25) is 0 Å². The summed E-state index contributed by atoms with van der Waals surface area (Å²) >= 11 is 5.04. The molecule has 6 heteroatoms. The van der Waals surface area contributed by atoms with E-state index in [1.54, 1.807) is 0 Å². The van der Waals surface area contributed by atoms with Crippen molar-refractivity contribution in [2.45, 2.75) is 32.1 Å². The molecular formula is C14H16F2N2OS. The third-order valence-corrected chi connectivity index (χ3v) is 4.18. The molecule has 0 heterocycles. The molecule has 1 fully saturated rings. The first-order chi connectivity index (χ1) is 9.45. The lowest BCUT2D eigenvalue weighted by Gasteiger charge is -2.34. The molecule has 0 aliphatic heterocycles. The van der Waals surface area contributed by atoms with Crippen LogP contribution in [0.4, 0.5) is 14.5 Å². The molecule has 108 valence electrons. The number of carbonyl (C=O) groups excluding carboxylic acids is 1. The lowest BCUT2D eigenvalue weighted by atomic mass is 9.73. The predicted molar refractivity (Wildman–Crippen MR) is 77.3 cm³/mol. The molecule has 0 aromatic heterocycles. The highest BCUT2D eigenvalue weighted by molar-refractivity contribution is 7.80. The Labute approximate surface area is 121 Å². The highest BCUT2D eigenvalue weighted by Crippen LogP contribution is 2.38. The SMILES string of the molecule is NC(=S)C1(C(=O)Nc2ccc(F)cc2F)CCCCC1. The summed E-state index contributed by atoms with van der Waals surface area (Å²) in [6.07, 6.45) is 3.88. The summed E-state index contributed by atoms with van der Waals surface area (Å²) < 4.78 is 26.4. The molecule has 1 aliphatic carbocycles. The molecule has 0 bridgehead atoms. The highest BCUT2D eigenvalue weighted by atomic mass is 32.1. The van der Waals surface area contributed by atoms with E-state index in [9.17, 15) is 13.6 Å². The van der Waals surface area contributed by atoms with Crippen LogP contribution in [0.25, 0.3) is 0 Å². The van der Waals surface area contributed by atoms with Crippen molar-refractivity contribution in [2.24, 2.45) is 11.1 Å². The minimum atomic E-state index is -0.922. The van der Waals surface area contributed by atoms with E-state index in [2.05, 4.69) is 5.32 Å². The van der Waals surface area contributed by atoms with Gasteiger partial charge in [-0.2, -0.15) is 0 Å². The Morgan fingerprint density at radius 3 is 2.45 bits per heavy atom. The van der Waals surface area contributed by atoms with Gasteiger partial charge in [0.25, 0.3) is 0 Å². The maximum atomic E-state index is 13.6. The van der Waals surface area contributed by atoms with Crippen LogP contribution in [0.5, 0.6) is 0 Å². The van der Waals surface area contributed by atoms with Crippen LogP contribution >= 0.6 is 12.2 Å². The van der Waals surface area contributed by atoms with Crippen molar-refractivity contribution in [2.75, 3.05) is 5.32 Å². The standard InChI is InChI=1S/C14H16F2N2OS/c15-9-4-5-11(10(16)8-9)18-13(19)14(12(17)20)6-2-1-3-7-14/h4-5,8H,1-3,6-7H2,(H2,17,20)(H,18,19). The van der Waals surface area contributed by atoms with E-state index in [0.717, 1.165) is 31.4 Å². The normalized spacial score (nSPS) is 17.5. The first-order valence-electron chi connectivity index (χ1n) is 6.52. The zero-order valence-corrected chi connectivity index (χ0v) is 11.7. The zero-order chi connectivity index (χ0) is 14.8. The van der Waals surface area contributed by atoms with Gasteiger partial charge in [0.2, 0.25) is 5.91 Å². The second-order valence-corrected chi connectivity index (χ2v) is 5.53. The van der Waals surface area contributed by atoms with Crippen LogP contribution in [0, 0.1) is 17.0 Å². The van der Waals surface area contributed by atoms with Crippen LogP contribution in [0.1, 0.15) is 32.1 Å². The Morgan fingerprint density at radius 2 is 1.90 bits per heavy atom. The molecule has 0 atom stereocenters. The van der Waals surface area contributed by atoms with Crippen molar-refractivity contribution in [1.29, 1.82) is 0 Å². The number of hydrogen-bond donors (Lipinski definition) is 2. The number of benzene rings is 1. The van der Waals surface area contributed by atoms with Crippen molar-refractivity contribution >= 4 is 28.8 Å². The Bertz CT molecular complexity index is 542. The Morgan fingerprint density at radius 1 is 1.25 bits per heavy atom. The van der Waals surface area contributed by atoms with Gasteiger partial charge in [-0.15, -0.1) is 0 Å². The van der Waals surface area contributed by atoms with Crippen molar-refractivity contribution < 1.29 is 13.6 Å². The maximum absolute atomic E-state index is 13.6. The van der Waals surface area contributed by atoms with Gasteiger partial charge < -0.3 is 11.1 Å². The predicted octanol–water partition coefficient (Wildman–Crippen LogP) is 3.14. The summed E-state index contributed by atoms with van der Waals surface area (Å²) in [5.74, 6) is -1.91. The Kier molecular flexibility index (Phi) is 4.32.